The Hall–Kier alpha value is -2.05. The maximum atomic E-state index is 12.0. The van der Waals surface area contributed by atoms with Gasteiger partial charge < -0.3 is 15.0 Å². The molecular weight excluding hydrogens is 312 g/mol. The SMILES string of the molecule is Cc1noc(N)c1C(=O)OCc1sc2ccccc2c1Cl. The van der Waals surface area contributed by atoms with Crippen LogP contribution in [-0.2, 0) is 11.3 Å². The molecule has 0 bridgehead atoms. The van der Waals surface area contributed by atoms with Crippen LogP contribution in [0.4, 0.5) is 5.88 Å². The first-order valence-electron chi connectivity index (χ1n) is 6.12. The van der Waals surface area contributed by atoms with Crippen LogP contribution in [0.1, 0.15) is 20.9 Å². The molecule has 0 amide bonds. The highest BCUT2D eigenvalue weighted by Crippen LogP contribution is 2.35. The Morgan fingerprint density at radius 2 is 2.24 bits per heavy atom. The number of nitrogens with two attached hydrogens (primary N) is 1. The second kappa shape index (κ2) is 5.38. The zero-order chi connectivity index (χ0) is 15.0. The average molecular weight is 323 g/mol. The molecule has 2 heterocycles. The topological polar surface area (TPSA) is 78.4 Å². The molecule has 0 atom stereocenters. The highest BCUT2D eigenvalue weighted by molar-refractivity contribution is 7.19. The fourth-order valence-corrected chi connectivity index (χ4v) is 3.40. The van der Waals surface area contributed by atoms with Crippen LogP contribution in [0, 0.1) is 6.92 Å². The Labute approximate surface area is 129 Å². The average Bonchev–Trinajstić information content (AvgIpc) is 2.97. The van der Waals surface area contributed by atoms with E-state index in [1.807, 2.05) is 24.3 Å². The number of nitrogens with zero attached hydrogens (tertiary/aromatic N) is 1. The third-order valence-electron chi connectivity index (χ3n) is 3.03. The molecule has 0 aliphatic rings. The molecule has 0 aliphatic heterocycles. The number of aromatic nitrogens is 1. The summed E-state index contributed by atoms with van der Waals surface area (Å²) in [5.74, 6) is -0.611. The second-order valence-corrected chi connectivity index (χ2v) is 5.93. The molecule has 0 saturated carbocycles. The van der Waals surface area contributed by atoms with Crippen molar-refractivity contribution < 1.29 is 14.1 Å². The van der Waals surface area contributed by atoms with Gasteiger partial charge in [-0.05, 0) is 13.0 Å². The Morgan fingerprint density at radius 3 is 2.90 bits per heavy atom. The van der Waals surface area contributed by atoms with Crippen molar-refractivity contribution in [1.82, 2.24) is 5.16 Å². The van der Waals surface area contributed by atoms with Crippen molar-refractivity contribution in [2.24, 2.45) is 0 Å². The largest absolute Gasteiger partial charge is 0.456 e. The van der Waals surface area contributed by atoms with E-state index < -0.39 is 5.97 Å². The van der Waals surface area contributed by atoms with Crippen molar-refractivity contribution in [3.8, 4) is 0 Å². The summed E-state index contributed by atoms with van der Waals surface area (Å²) in [5, 5.41) is 5.18. The van der Waals surface area contributed by atoms with Crippen molar-refractivity contribution in [2.45, 2.75) is 13.5 Å². The quantitative estimate of drug-likeness (QED) is 0.742. The zero-order valence-corrected chi connectivity index (χ0v) is 12.6. The third-order valence-corrected chi connectivity index (χ3v) is 4.72. The molecule has 3 rings (SSSR count). The summed E-state index contributed by atoms with van der Waals surface area (Å²) < 4.78 is 11.0. The minimum absolute atomic E-state index is 0.0417. The summed E-state index contributed by atoms with van der Waals surface area (Å²) in [6.07, 6.45) is 0. The fourth-order valence-electron chi connectivity index (χ4n) is 2.00. The van der Waals surface area contributed by atoms with E-state index >= 15 is 0 Å². The number of ether oxygens (including phenoxy) is 1. The number of esters is 1. The number of benzene rings is 1. The van der Waals surface area contributed by atoms with E-state index in [-0.39, 0.29) is 18.1 Å². The summed E-state index contributed by atoms with van der Waals surface area (Å²) >= 11 is 7.78. The number of rotatable bonds is 3. The summed E-state index contributed by atoms with van der Waals surface area (Å²) in [5.41, 5.74) is 6.11. The van der Waals surface area contributed by atoms with Crippen LogP contribution in [-0.4, -0.2) is 11.1 Å². The van der Waals surface area contributed by atoms with E-state index in [0.29, 0.717) is 10.7 Å². The lowest BCUT2D eigenvalue weighted by molar-refractivity contribution is 0.0477. The Bertz CT molecular complexity index is 805. The summed E-state index contributed by atoms with van der Waals surface area (Å²) in [7, 11) is 0. The lowest BCUT2D eigenvalue weighted by Crippen LogP contribution is -2.07. The van der Waals surface area contributed by atoms with Crippen LogP contribution in [0.25, 0.3) is 10.1 Å². The lowest BCUT2D eigenvalue weighted by Gasteiger charge is -2.02. The number of halogens is 1. The van der Waals surface area contributed by atoms with Gasteiger partial charge in [0.05, 0.1) is 15.6 Å². The Kier molecular flexibility index (Phi) is 3.57. The van der Waals surface area contributed by atoms with Gasteiger partial charge in [-0.15, -0.1) is 11.3 Å². The first-order valence-corrected chi connectivity index (χ1v) is 7.32. The normalized spacial score (nSPS) is 11.0. The smallest absolute Gasteiger partial charge is 0.346 e. The van der Waals surface area contributed by atoms with Crippen molar-refractivity contribution in [1.29, 1.82) is 0 Å². The number of nitrogen functional groups attached to an aromatic ring is 1. The van der Waals surface area contributed by atoms with Crippen molar-refractivity contribution in [2.75, 3.05) is 5.73 Å². The highest BCUT2D eigenvalue weighted by atomic mass is 35.5. The lowest BCUT2D eigenvalue weighted by atomic mass is 10.2. The van der Waals surface area contributed by atoms with E-state index in [4.69, 9.17) is 26.6 Å². The molecular formula is C14H11ClN2O3S. The van der Waals surface area contributed by atoms with E-state index in [1.165, 1.54) is 11.3 Å². The van der Waals surface area contributed by atoms with Gasteiger partial charge in [0.15, 0.2) is 0 Å². The predicted octanol–water partition coefficient (Wildman–Crippen LogP) is 3.79. The number of hydrogen-bond donors (Lipinski definition) is 1. The van der Waals surface area contributed by atoms with Crippen molar-refractivity contribution in [3.05, 3.63) is 45.4 Å². The molecule has 0 aliphatic carbocycles. The number of carbonyl (C=O) groups is 1. The molecule has 5 nitrogen and oxygen atoms in total. The maximum Gasteiger partial charge on any atom is 0.346 e. The van der Waals surface area contributed by atoms with Crippen molar-refractivity contribution in [3.63, 3.8) is 0 Å². The molecule has 0 fully saturated rings. The molecule has 2 N–H and O–H groups in total. The number of hydrogen-bond acceptors (Lipinski definition) is 6. The van der Waals surface area contributed by atoms with E-state index in [9.17, 15) is 4.79 Å². The van der Waals surface area contributed by atoms with Crippen LogP contribution in [0.2, 0.25) is 5.02 Å². The summed E-state index contributed by atoms with van der Waals surface area (Å²) in [4.78, 5) is 12.8. The number of carbonyl (C=O) groups excluding carboxylic acids is 1. The first-order chi connectivity index (χ1) is 10.1. The van der Waals surface area contributed by atoms with E-state index in [0.717, 1.165) is 15.0 Å². The monoisotopic (exact) mass is 322 g/mol. The summed E-state index contributed by atoms with van der Waals surface area (Å²) in [6, 6.07) is 7.75. The van der Waals surface area contributed by atoms with Gasteiger partial charge in [-0.25, -0.2) is 4.79 Å². The van der Waals surface area contributed by atoms with Crippen LogP contribution >= 0.6 is 22.9 Å². The van der Waals surface area contributed by atoms with E-state index in [2.05, 4.69) is 5.16 Å². The molecule has 3 aromatic rings. The van der Waals surface area contributed by atoms with E-state index in [1.54, 1.807) is 6.92 Å². The van der Waals surface area contributed by atoms with Gasteiger partial charge in [0.2, 0.25) is 5.88 Å². The standard InChI is InChI=1S/C14H11ClN2O3S/c1-7-11(13(16)20-17-7)14(18)19-6-10-12(15)8-4-2-3-5-9(8)21-10/h2-5H,6,16H2,1H3. The predicted molar refractivity (Wildman–Crippen MR) is 81.6 cm³/mol. The molecule has 0 saturated heterocycles. The molecule has 21 heavy (non-hydrogen) atoms. The molecule has 0 radical (unpaired) electrons. The maximum absolute atomic E-state index is 12.0. The highest BCUT2D eigenvalue weighted by Gasteiger charge is 2.21. The molecule has 1 aromatic carbocycles. The van der Waals surface area contributed by atoms with Crippen LogP contribution in [0.5, 0.6) is 0 Å². The molecule has 108 valence electrons. The third kappa shape index (κ3) is 2.48. The van der Waals surface area contributed by atoms with Gasteiger partial charge >= 0.3 is 5.97 Å². The number of fused-ring (bicyclic) bond motifs is 1. The molecule has 0 spiro atoms. The number of aryl methyl sites for hydroxylation is 1. The minimum Gasteiger partial charge on any atom is -0.456 e. The van der Waals surface area contributed by atoms with Gasteiger partial charge in [-0.3, -0.25) is 0 Å². The fraction of sp³-hybridized carbons (Fsp3) is 0.143. The molecule has 7 heteroatoms. The van der Waals surface area contributed by atoms with Gasteiger partial charge in [0.25, 0.3) is 0 Å². The van der Waals surface area contributed by atoms with Gasteiger partial charge in [-0.2, -0.15) is 0 Å². The van der Waals surface area contributed by atoms with Crippen LogP contribution in [0.15, 0.2) is 28.8 Å². The number of thiophene rings is 1. The van der Waals surface area contributed by atoms with Gasteiger partial charge in [0, 0.05) is 10.1 Å². The first kappa shape index (κ1) is 13.9. The second-order valence-electron chi connectivity index (χ2n) is 4.42. The molecule has 2 aromatic heterocycles. The minimum atomic E-state index is -0.570. The zero-order valence-electron chi connectivity index (χ0n) is 11.1. The van der Waals surface area contributed by atoms with Crippen LogP contribution in [0.3, 0.4) is 0 Å². The van der Waals surface area contributed by atoms with Gasteiger partial charge in [-0.1, -0.05) is 35.0 Å². The molecule has 0 unspecified atom stereocenters. The van der Waals surface area contributed by atoms with Crippen molar-refractivity contribution >= 4 is 44.9 Å². The number of anilines is 1. The Balaban J connectivity index is 1.81. The van der Waals surface area contributed by atoms with Gasteiger partial charge in [0.1, 0.15) is 12.2 Å². The Morgan fingerprint density at radius 1 is 1.48 bits per heavy atom. The van der Waals surface area contributed by atoms with Crippen LogP contribution < -0.4 is 5.73 Å². The summed E-state index contributed by atoms with van der Waals surface area (Å²) in [6.45, 7) is 1.71.